The molecule has 6 heteroatoms. The molecule has 0 unspecified atom stereocenters. The lowest BCUT2D eigenvalue weighted by Crippen LogP contribution is -2.15. The molecule has 1 amide bonds. The van der Waals surface area contributed by atoms with Crippen molar-refractivity contribution in [1.82, 2.24) is 0 Å². The zero-order valence-electron chi connectivity index (χ0n) is 12.1. The van der Waals surface area contributed by atoms with Crippen molar-refractivity contribution in [3.63, 3.8) is 0 Å². The van der Waals surface area contributed by atoms with Crippen molar-refractivity contribution in [2.45, 2.75) is 13.3 Å². The van der Waals surface area contributed by atoms with Crippen LogP contribution in [-0.4, -0.2) is 17.4 Å². The van der Waals surface area contributed by atoms with Crippen LogP contribution < -0.4 is 10.1 Å². The van der Waals surface area contributed by atoms with Crippen molar-refractivity contribution in [1.29, 1.82) is 0 Å². The number of aryl methyl sites for hydroxylation is 1. The number of anilines is 1. The van der Waals surface area contributed by atoms with Gasteiger partial charge in [0.1, 0.15) is 5.75 Å². The molecule has 0 bridgehead atoms. The van der Waals surface area contributed by atoms with Gasteiger partial charge in [-0.2, -0.15) is 0 Å². The van der Waals surface area contributed by atoms with Crippen LogP contribution in [0.1, 0.15) is 12.0 Å². The van der Waals surface area contributed by atoms with Gasteiger partial charge in [0.05, 0.1) is 18.0 Å². The average Bonchev–Trinajstić information content (AvgIpc) is 2.47. The molecule has 0 aliphatic rings. The average molecular weight is 300 g/mol. The van der Waals surface area contributed by atoms with Crippen LogP contribution in [0, 0.1) is 17.0 Å². The van der Waals surface area contributed by atoms with E-state index in [1.165, 1.54) is 18.2 Å². The summed E-state index contributed by atoms with van der Waals surface area (Å²) in [6.45, 7) is 2.20. The van der Waals surface area contributed by atoms with E-state index in [1.54, 1.807) is 6.07 Å². The number of carbonyl (C=O) groups excluding carboxylic acids is 1. The Kier molecular flexibility index (Phi) is 5.08. The molecule has 2 aromatic carbocycles. The van der Waals surface area contributed by atoms with Gasteiger partial charge in [-0.3, -0.25) is 14.9 Å². The van der Waals surface area contributed by atoms with E-state index in [0.717, 1.165) is 5.56 Å². The summed E-state index contributed by atoms with van der Waals surface area (Å²) >= 11 is 0. The van der Waals surface area contributed by atoms with Gasteiger partial charge in [-0.1, -0.05) is 18.2 Å². The first kappa shape index (κ1) is 15.5. The molecule has 0 fully saturated rings. The number of ether oxygens (including phenoxy) is 1. The van der Waals surface area contributed by atoms with Gasteiger partial charge in [0.25, 0.3) is 5.69 Å². The number of nitrogens with zero attached hydrogens (tertiary/aromatic N) is 1. The number of hydrogen-bond donors (Lipinski definition) is 1. The number of benzene rings is 2. The molecule has 2 rings (SSSR count). The maximum absolute atomic E-state index is 11.8. The van der Waals surface area contributed by atoms with Crippen molar-refractivity contribution in [3.05, 3.63) is 64.2 Å². The van der Waals surface area contributed by atoms with Crippen LogP contribution >= 0.6 is 0 Å². The van der Waals surface area contributed by atoms with E-state index >= 15 is 0 Å². The first-order chi connectivity index (χ1) is 10.5. The molecule has 0 heterocycles. The molecule has 6 nitrogen and oxygen atoms in total. The Labute approximate surface area is 127 Å². The monoisotopic (exact) mass is 300 g/mol. The molecular weight excluding hydrogens is 284 g/mol. The summed E-state index contributed by atoms with van der Waals surface area (Å²) in [6.07, 6.45) is 0.163. The molecule has 114 valence electrons. The van der Waals surface area contributed by atoms with Gasteiger partial charge in [-0.05, 0) is 30.7 Å². The third kappa shape index (κ3) is 4.59. The quantitative estimate of drug-likeness (QED) is 0.655. The van der Waals surface area contributed by atoms with Crippen molar-refractivity contribution in [3.8, 4) is 5.75 Å². The zero-order valence-corrected chi connectivity index (χ0v) is 12.1. The Morgan fingerprint density at radius 2 is 2.00 bits per heavy atom. The van der Waals surface area contributed by atoms with E-state index in [9.17, 15) is 14.9 Å². The van der Waals surface area contributed by atoms with Crippen LogP contribution in [0.4, 0.5) is 11.4 Å². The molecule has 0 atom stereocenters. The van der Waals surface area contributed by atoms with Crippen LogP contribution in [0.3, 0.4) is 0 Å². The molecule has 0 aliphatic heterocycles. The smallest absolute Gasteiger partial charge is 0.271 e. The second-order valence-electron chi connectivity index (χ2n) is 4.77. The van der Waals surface area contributed by atoms with Gasteiger partial charge in [0, 0.05) is 17.8 Å². The Morgan fingerprint density at radius 3 is 2.73 bits per heavy atom. The second-order valence-corrected chi connectivity index (χ2v) is 4.77. The number of amides is 1. The summed E-state index contributed by atoms with van der Waals surface area (Å²) in [6, 6.07) is 13.4. The predicted octanol–water partition coefficient (Wildman–Crippen LogP) is 3.31. The minimum Gasteiger partial charge on any atom is -0.493 e. The van der Waals surface area contributed by atoms with Crippen LogP contribution in [0.25, 0.3) is 0 Å². The second kappa shape index (κ2) is 7.21. The highest BCUT2D eigenvalue weighted by Gasteiger charge is 2.08. The molecule has 0 aromatic heterocycles. The topological polar surface area (TPSA) is 81.5 Å². The summed E-state index contributed by atoms with van der Waals surface area (Å²) < 4.78 is 5.49. The SMILES string of the molecule is Cc1cccc(OCCC(=O)Nc2cccc([N+](=O)[O-])c2)c1. The van der Waals surface area contributed by atoms with Gasteiger partial charge in [-0.15, -0.1) is 0 Å². The lowest BCUT2D eigenvalue weighted by molar-refractivity contribution is -0.384. The minimum absolute atomic E-state index is 0.0613. The lowest BCUT2D eigenvalue weighted by Gasteiger charge is -2.07. The van der Waals surface area contributed by atoms with Crippen LogP contribution in [0.2, 0.25) is 0 Å². The number of nitro groups is 1. The Bertz CT molecular complexity index is 685. The highest BCUT2D eigenvalue weighted by molar-refractivity contribution is 5.91. The van der Waals surface area contributed by atoms with Crippen molar-refractivity contribution in [2.24, 2.45) is 0 Å². The Hall–Kier alpha value is -2.89. The fraction of sp³-hybridized carbons (Fsp3) is 0.188. The van der Waals surface area contributed by atoms with E-state index in [2.05, 4.69) is 5.32 Å². The predicted molar refractivity (Wildman–Crippen MR) is 83.0 cm³/mol. The normalized spacial score (nSPS) is 10.0. The van der Waals surface area contributed by atoms with E-state index in [1.807, 2.05) is 31.2 Å². The van der Waals surface area contributed by atoms with Gasteiger partial charge in [-0.25, -0.2) is 0 Å². The van der Waals surface area contributed by atoms with Crippen molar-refractivity contribution < 1.29 is 14.5 Å². The molecule has 1 N–H and O–H groups in total. The maximum Gasteiger partial charge on any atom is 0.271 e. The summed E-state index contributed by atoms with van der Waals surface area (Å²) in [5, 5.41) is 13.3. The van der Waals surface area contributed by atoms with Crippen LogP contribution in [0.5, 0.6) is 5.75 Å². The molecule has 0 saturated heterocycles. The lowest BCUT2D eigenvalue weighted by atomic mass is 10.2. The van der Waals surface area contributed by atoms with Gasteiger partial charge in [0.15, 0.2) is 0 Å². The van der Waals surface area contributed by atoms with Gasteiger partial charge in [0.2, 0.25) is 5.91 Å². The first-order valence-corrected chi connectivity index (χ1v) is 6.78. The molecule has 0 aliphatic carbocycles. The minimum atomic E-state index is -0.503. The Balaban J connectivity index is 1.83. The highest BCUT2D eigenvalue weighted by Crippen LogP contribution is 2.17. The standard InChI is InChI=1S/C16H16N2O4/c1-12-4-2-7-15(10-12)22-9-8-16(19)17-13-5-3-6-14(11-13)18(20)21/h2-7,10-11H,8-9H2,1H3,(H,17,19). The number of nitro benzene ring substituents is 1. The van der Waals surface area contributed by atoms with Crippen molar-refractivity contribution in [2.75, 3.05) is 11.9 Å². The number of carbonyl (C=O) groups is 1. The summed E-state index contributed by atoms with van der Waals surface area (Å²) in [4.78, 5) is 22.0. The third-order valence-corrected chi connectivity index (χ3v) is 2.93. The van der Waals surface area contributed by atoms with Gasteiger partial charge < -0.3 is 10.1 Å². The van der Waals surface area contributed by atoms with E-state index < -0.39 is 4.92 Å². The fourth-order valence-corrected chi connectivity index (χ4v) is 1.89. The largest absolute Gasteiger partial charge is 0.493 e. The molecule has 0 spiro atoms. The number of non-ortho nitro benzene ring substituents is 1. The van der Waals surface area contributed by atoms with Crippen LogP contribution in [0.15, 0.2) is 48.5 Å². The fourth-order valence-electron chi connectivity index (χ4n) is 1.89. The first-order valence-electron chi connectivity index (χ1n) is 6.78. The molecule has 22 heavy (non-hydrogen) atoms. The third-order valence-electron chi connectivity index (χ3n) is 2.93. The summed E-state index contributed by atoms with van der Waals surface area (Å²) in [5.74, 6) is 0.455. The summed E-state index contributed by atoms with van der Waals surface area (Å²) in [7, 11) is 0. The summed E-state index contributed by atoms with van der Waals surface area (Å²) in [5.41, 5.74) is 1.42. The van der Waals surface area contributed by atoms with Crippen molar-refractivity contribution >= 4 is 17.3 Å². The van der Waals surface area contributed by atoms with E-state index in [4.69, 9.17) is 4.74 Å². The van der Waals surface area contributed by atoms with E-state index in [-0.39, 0.29) is 24.6 Å². The molecule has 0 saturated carbocycles. The number of nitrogens with one attached hydrogen (secondary N) is 1. The molecule has 2 aromatic rings. The maximum atomic E-state index is 11.8. The molecule has 0 radical (unpaired) electrons. The van der Waals surface area contributed by atoms with E-state index in [0.29, 0.717) is 11.4 Å². The number of rotatable bonds is 6. The Morgan fingerprint density at radius 1 is 1.23 bits per heavy atom. The number of hydrogen-bond acceptors (Lipinski definition) is 4. The van der Waals surface area contributed by atoms with Gasteiger partial charge >= 0.3 is 0 Å². The van der Waals surface area contributed by atoms with Crippen LogP contribution in [-0.2, 0) is 4.79 Å². The zero-order chi connectivity index (χ0) is 15.9. The highest BCUT2D eigenvalue weighted by atomic mass is 16.6. The molecular formula is C16H16N2O4.